The molecule has 2 aromatic heterocycles. The Labute approximate surface area is 594 Å². The minimum Gasteiger partial charge on any atom is -0.309 e. The first-order chi connectivity index (χ1) is 50.1. The molecule has 0 spiro atoms. The lowest BCUT2D eigenvalue weighted by Gasteiger charge is -2.21. The van der Waals surface area contributed by atoms with Gasteiger partial charge in [0.25, 0.3) is 0 Å². The summed E-state index contributed by atoms with van der Waals surface area (Å²) in [6.07, 6.45) is 0. The Balaban J connectivity index is 0.000000133. The molecule has 4 aliphatic carbocycles. The highest BCUT2D eigenvalue weighted by molar-refractivity contribution is 6.20. The van der Waals surface area contributed by atoms with E-state index in [1.54, 1.807) is 0 Å². The van der Waals surface area contributed by atoms with E-state index in [-0.39, 0.29) is 22.7 Å². The first kappa shape index (κ1) is 58.6. The molecule has 0 bridgehead atoms. The molecule has 2 heterocycles. The van der Waals surface area contributed by atoms with E-state index in [4.69, 9.17) is 0 Å². The van der Waals surface area contributed by atoms with Crippen molar-refractivity contribution in [3.05, 3.63) is 395 Å². The van der Waals surface area contributed by atoms with Gasteiger partial charge in [0.05, 0.1) is 33.4 Å². The highest BCUT2D eigenvalue weighted by Gasteiger charge is 2.40. The number of aromatic nitrogens is 2. The highest BCUT2D eigenvalue weighted by atomic mass is 15.0. The summed E-state index contributed by atoms with van der Waals surface area (Å²) in [4.78, 5) is 0. The van der Waals surface area contributed by atoms with Gasteiger partial charge in [-0.3, -0.25) is 0 Å². The molecule has 4 aliphatic rings. The van der Waals surface area contributed by atoms with Crippen molar-refractivity contribution < 1.29 is 0 Å². The SMILES string of the molecule is CC1(C)c2ccccc2-c2c1ccc1c2c2cc(-c3ccc4c(c3)-c3ccccc3C4c3ccccc3)ccc2n1-c1cccc2ccccc12.CC1(C)c2ccccc2-c2cc3c(cc21)c1cc(-c2ccc4c(c2)-c2ccccc2C4c2ccccc2)ccc1n3-c1cccc2ccccc12. The van der Waals surface area contributed by atoms with E-state index >= 15 is 0 Å². The Kier molecular flexibility index (Phi) is 12.7. The van der Waals surface area contributed by atoms with Crippen molar-refractivity contribution in [3.8, 4) is 78.1 Å². The van der Waals surface area contributed by atoms with Crippen LogP contribution in [0.4, 0.5) is 0 Å². The van der Waals surface area contributed by atoms with E-state index in [9.17, 15) is 0 Å². The van der Waals surface area contributed by atoms with Crippen molar-refractivity contribution in [2.75, 3.05) is 0 Å². The third-order valence-electron chi connectivity index (χ3n) is 23.7. The summed E-state index contributed by atoms with van der Waals surface area (Å²) in [7, 11) is 0. The Morgan fingerprint density at radius 1 is 0.235 bits per heavy atom. The van der Waals surface area contributed by atoms with Gasteiger partial charge < -0.3 is 9.13 Å². The van der Waals surface area contributed by atoms with Crippen LogP contribution in [0.5, 0.6) is 0 Å². The lowest BCUT2D eigenvalue weighted by atomic mass is 9.82. The Bertz CT molecular complexity index is 6470. The van der Waals surface area contributed by atoms with Gasteiger partial charge >= 0.3 is 0 Å². The van der Waals surface area contributed by atoms with Gasteiger partial charge in [0.1, 0.15) is 0 Å². The number of hydrogen-bond acceptors (Lipinski definition) is 0. The van der Waals surface area contributed by atoms with E-state index in [2.05, 4.69) is 377 Å². The zero-order valence-corrected chi connectivity index (χ0v) is 57.4. The molecule has 22 rings (SSSR count). The summed E-state index contributed by atoms with van der Waals surface area (Å²) in [5, 5.41) is 10.2. The van der Waals surface area contributed by atoms with E-state index in [0.29, 0.717) is 0 Å². The van der Waals surface area contributed by atoms with Gasteiger partial charge in [0, 0.05) is 55.0 Å². The van der Waals surface area contributed by atoms with Crippen LogP contribution in [0.3, 0.4) is 0 Å². The molecule has 16 aromatic carbocycles. The summed E-state index contributed by atoms with van der Waals surface area (Å²) in [5.41, 5.74) is 36.9. The van der Waals surface area contributed by atoms with E-state index in [1.807, 2.05) is 0 Å². The van der Waals surface area contributed by atoms with Crippen molar-refractivity contribution in [2.45, 2.75) is 50.4 Å². The molecule has 2 heteroatoms. The number of fused-ring (bicyclic) bond motifs is 21. The molecule has 0 N–H and O–H groups in total. The second-order valence-electron chi connectivity index (χ2n) is 29.7. The van der Waals surface area contributed by atoms with Crippen LogP contribution in [0.2, 0.25) is 0 Å². The van der Waals surface area contributed by atoms with Gasteiger partial charge in [-0.15, -0.1) is 0 Å². The molecule has 18 aromatic rings. The molecule has 0 saturated carbocycles. The van der Waals surface area contributed by atoms with Crippen LogP contribution >= 0.6 is 0 Å². The van der Waals surface area contributed by atoms with Gasteiger partial charge in [-0.2, -0.15) is 0 Å². The standard InChI is InChI=1S/2C50H35N/c1-50(2)44-21-11-10-19-37(44)41-30-48-43(29-45(41)50)42-28-34(24-26-47(42)51(48)46-22-12-16-31-13-6-7-17-35(31)46)33-23-25-39-40(27-33)36-18-8-9-20-38(36)49(39)32-14-4-3-5-15-32;1-50(2)42-21-11-10-20-39(42)48-43(50)26-28-46-49(48)41-30-34(24-27-45(41)51(46)44-22-12-16-31-13-6-7-17-35(31)44)33-23-25-38-40(29-33)36-18-8-9-19-37(36)47(38)32-14-4-3-5-15-32/h3-30,49H,1-2H3;3-30,47H,1-2H3. The van der Waals surface area contributed by atoms with Crippen LogP contribution in [0.15, 0.2) is 340 Å². The quantitative estimate of drug-likeness (QED) is 0.157. The summed E-state index contributed by atoms with van der Waals surface area (Å²) < 4.78 is 5.02. The number of benzene rings is 16. The topological polar surface area (TPSA) is 9.86 Å². The molecule has 0 saturated heterocycles. The van der Waals surface area contributed by atoms with E-state index in [1.165, 1.54) is 199 Å². The summed E-state index contributed by atoms with van der Waals surface area (Å²) in [6.45, 7) is 9.52. The fourth-order valence-corrected chi connectivity index (χ4v) is 19.0. The van der Waals surface area contributed by atoms with Crippen LogP contribution in [0.1, 0.15) is 95.2 Å². The molecule has 0 radical (unpaired) electrons. The molecule has 102 heavy (non-hydrogen) atoms. The van der Waals surface area contributed by atoms with E-state index < -0.39 is 0 Å². The lowest BCUT2D eigenvalue weighted by Crippen LogP contribution is -2.14. The van der Waals surface area contributed by atoms with Gasteiger partial charge in [-0.05, 0) is 200 Å². The summed E-state index contributed by atoms with van der Waals surface area (Å²) >= 11 is 0. The predicted octanol–water partition coefficient (Wildman–Crippen LogP) is 26.1. The smallest absolute Gasteiger partial charge is 0.0547 e. The number of hydrogen-bond donors (Lipinski definition) is 0. The van der Waals surface area contributed by atoms with Crippen molar-refractivity contribution in [1.29, 1.82) is 0 Å². The fourth-order valence-electron chi connectivity index (χ4n) is 19.0. The zero-order valence-electron chi connectivity index (χ0n) is 57.4. The lowest BCUT2D eigenvalue weighted by molar-refractivity contribution is 0.661. The minimum atomic E-state index is -0.0751. The molecule has 0 aliphatic heterocycles. The third kappa shape index (κ3) is 8.47. The molecule has 480 valence electrons. The fraction of sp³-hybridized carbons (Fsp3) is 0.0800. The maximum atomic E-state index is 2.51. The number of rotatable bonds is 6. The number of nitrogens with zero attached hydrogens (tertiary/aromatic N) is 2. The van der Waals surface area contributed by atoms with Crippen molar-refractivity contribution >= 4 is 65.2 Å². The van der Waals surface area contributed by atoms with Crippen LogP contribution < -0.4 is 0 Å². The van der Waals surface area contributed by atoms with E-state index in [0.717, 1.165) is 0 Å². The first-order valence-corrected chi connectivity index (χ1v) is 36.1. The zero-order chi connectivity index (χ0) is 67.7. The second kappa shape index (κ2) is 22.1. The molecule has 0 fully saturated rings. The third-order valence-corrected chi connectivity index (χ3v) is 23.7. The average Bonchev–Trinajstić information content (AvgIpc) is 1.55. The van der Waals surface area contributed by atoms with Gasteiger partial charge in [-0.1, -0.05) is 301 Å². The molecule has 2 unspecified atom stereocenters. The maximum absolute atomic E-state index is 2.51. The van der Waals surface area contributed by atoms with Crippen molar-refractivity contribution in [1.82, 2.24) is 9.13 Å². The first-order valence-electron chi connectivity index (χ1n) is 36.1. The van der Waals surface area contributed by atoms with Crippen LogP contribution in [-0.4, -0.2) is 9.13 Å². The Morgan fingerprint density at radius 2 is 0.647 bits per heavy atom. The van der Waals surface area contributed by atoms with Crippen LogP contribution in [-0.2, 0) is 10.8 Å². The van der Waals surface area contributed by atoms with Crippen molar-refractivity contribution in [3.63, 3.8) is 0 Å². The molecule has 2 atom stereocenters. The predicted molar refractivity (Wildman–Crippen MR) is 428 cm³/mol. The summed E-state index contributed by atoms with van der Waals surface area (Å²) in [6, 6.07) is 127. The molecular weight excluding hydrogens is 1230 g/mol. The molecule has 0 amide bonds. The van der Waals surface area contributed by atoms with Crippen molar-refractivity contribution in [2.24, 2.45) is 0 Å². The Morgan fingerprint density at radius 3 is 1.24 bits per heavy atom. The highest BCUT2D eigenvalue weighted by Crippen LogP contribution is 2.57. The van der Waals surface area contributed by atoms with Gasteiger partial charge in [-0.25, -0.2) is 0 Å². The van der Waals surface area contributed by atoms with Gasteiger partial charge in [0.15, 0.2) is 0 Å². The second-order valence-corrected chi connectivity index (χ2v) is 29.7. The van der Waals surface area contributed by atoms with Crippen LogP contribution in [0, 0.1) is 0 Å². The average molecular weight is 1300 g/mol. The monoisotopic (exact) mass is 1300 g/mol. The summed E-state index contributed by atoms with van der Waals surface area (Å²) in [5.74, 6) is 0.501. The molecule has 2 nitrogen and oxygen atoms in total. The maximum Gasteiger partial charge on any atom is 0.0547 e. The van der Waals surface area contributed by atoms with Gasteiger partial charge in [0.2, 0.25) is 0 Å². The van der Waals surface area contributed by atoms with Crippen LogP contribution in [0.25, 0.3) is 143 Å². The minimum absolute atomic E-state index is 0.0751. The largest absolute Gasteiger partial charge is 0.309 e. The molecular formula is C100H70N2. The normalized spacial score (nSPS) is 15.2. The Hall–Kier alpha value is -12.4.